The van der Waals surface area contributed by atoms with Crippen molar-refractivity contribution >= 4 is 60.4 Å². The van der Waals surface area contributed by atoms with Gasteiger partial charge >= 0.3 is 12.0 Å². The number of amides is 1. The predicted molar refractivity (Wildman–Crippen MR) is 328 cm³/mol. The number of phenolic OH excluding ortho intramolecular Hbond substituents is 1. The number of terminal acetylenes is 1. The van der Waals surface area contributed by atoms with Crippen molar-refractivity contribution in [3.8, 4) is 46.9 Å². The molecule has 7 heterocycles. The number of carbonyl (C=O) groups is 2. The molecular weight excluding hydrogens is 1160 g/mol. The molecule has 464 valence electrons. The molecule has 24 heteroatoms. The van der Waals surface area contributed by atoms with Crippen LogP contribution in [-0.2, 0) is 42.7 Å². The molecular formula is C65H69F2N11O10S. The van der Waals surface area contributed by atoms with Gasteiger partial charge in [0.2, 0.25) is 15.9 Å². The third-order valence-corrected chi connectivity index (χ3v) is 19.3. The maximum Gasteiger partial charge on any atom is 0.319 e. The molecule has 0 aliphatic carbocycles. The van der Waals surface area contributed by atoms with Gasteiger partial charge in [-0.15, -0.1) is 11.5 Å². The van der Waals surface area contributed by atoms with Crippen LogP contribution in [0.1, 0.15) is 79.7 Å². The summed E-state index contributed by atoms with van der Waals surface area (Å²) < 4.78 is 94.2. The lowest BCUT2D eigenvalue weighted by Crippen LogP contribution is -2.58. The zero-order valence-electron chi connectivity index (χ0n) is 50.1. The summed E-state index contributed by atoms with van der Waals surface area (Å²) in [6, 6.07) is 21.8. The second-order valence-corrected chi connectivity index (χ2v) is 25.2. The van der Waals surface area contributed by atoms with Gasteiger partial charge in [-0.05, 0) is 130 Å². The Hall–Kier alpha value is -8.60. The van der Waals surface area contributed by atoms with Crippen LogP contribution in [-0.4, -0.2) is 161 Å². The molecule has 5 aromatic carbocycles. The topological polar surface area (TPSA) is 238 Å². The van der Waals surface area contributed by atoms with E-state index in [0.29, 0.717) is 77.2 Å². The average Bonchev–Trinajstić information content (AvgIpc) is 2.20. The van der Waals surface area contributed by atoms with Crippen molar-refractivity contribution in [2.45, 2.75) is 94.0 Å². The Morgan fingerprint density at radius 2 is 1.79 bits per heavy atom. The number of likely N-dealkylation sites (N-methyl/N-ethyl adjacent to an activating group) is 1. The van der Waals surface area contributed by atoms with E-state index in [1.165, 1.54) is 34.8 Å². The fourth-order valence-electron chi connectivity index (χ4n) is 12.9. The van der Waals surface area contributed by atoms with E-state index in [-0.39, 0.29) is 121 Å². The number of pyridine rings is 1. The van der Waals surface area contributed by atoms with Crippen LogP contribution in [0.25, 0.3) is 44.0 Å². The summed E-state index contributed by atoms with van der Waals surface area (Å²) >= 11 is 0. The number of anilines is 1. The normalized spacial score (nSPS) is 20.2. The fourth-order valence-corrected chi connectivity index (χ4v) is 14.6. The minimum Gasteiger partial charge on any atom is -0.508 e. The Morgan fingerprint density at radius 1 is 0.978 bits per heavy atom. The van der Waals surface area contributed by atoms with Gasteiger partial charge < -0.3 is 44.3 Å². The minimum atomic E-state index is -3.94. The second kappa shape index (κ2) is 25.1. The molecule has 0 radical (unpaired) electrons. The van der Waals surface area contributed by atoms with Crippen LogP contribution in [0.5, 0.6) is 23.3 Å². The number of aryl methyl sites for hydroxylation is 2. The summed E-state index contributed by atoms with van der Waals surface area (Å²) in [5.41, 5.74) is 2.72. The average molecular weight is 1230 g/mol. The first-order valence-corrected chi connectivity index (χ1v) is 31.3. The third kappa shape index (κ3) is 12.0. The number of ether oxygens (including phenoxy) is 5. The van der Waals surface area contributed by atoms with Crippen LogP contribution in [0.15, 0.2) is 90.0 Å². The smallest absolute Gasteiger partial charge is 0.319 e. The molecule has 1 unspecified atom stereocenters. The minimum absolute atomic E-state index is 0.0330. The number of nitrogens with zero attached hydrogens (tertiary/aromatic N) is 9. The number of carbonyl (C=O) groups excluding carboxylic acids is 2. The van der Waals surface area contributed by atoms with Crippen molar-refractivity contribution in [2.75, 3.05) is 77.7 Å². The van der Waals surface area contributed by atoms with E-state index in [1.807, 2.05) is 56.1 Å². The van der Waals surface area contributed by atoms with Crippen molar-refractivity contribution in [3.05, 3.63) is 125 Å². The molecule has 0 spiro atoms. The van der Waals surface area contributed by atoms with Crippen LogP contribution in [0, 0.1) is 30.9 Å². The first kappa shape index (κ1) is 60.7. The molecule has 3 aromatic heterocycles. The molecule has 4 aliphatic rings. The van der Waals surface area contributed by atoms with Gasteiger partial charge in [-0.3, -0.25) is 19.5 Å². The van der Waals surface area contributed by atoms with Crippen LogP contribution in [0.3, 0.4) is 0 Å². The Bertz CT molecular complexity index is 4210. The molecule has 0 saturated carbocycles. The third-order valence-electron chi connectivity index (χ3n) is 17.4. The van der Waals surface area contributed by atoms with Gasteiger partial charge in [-0.2, -0.15) is 14.3 Å². The number of halogens is 2. The maximum absolute atomic E-state index is 17.4. The number of hydrogen-bond donors (Lipinski definition) is 3. The zero-order valence-corrected chi connectivity index (χ0v) is 50.9. The van der Waals surface area contributed by atoms with Crippen molar-refractivity contribution in [1.82, 2.24) is 49.8 Å². The lowest BCUT2D eigenvalue weighted by atomic mass is 9.86. The molecule has 3 N–H and O–H groups in total. The number of hydrogen-bond acceptors (Lipinski definition) is 18. The number of aromatic hydroxyl groups is 1. The quantitative estimate of drug-likeness (QED) is 0.0381. The van der Waals surface area contributed by atoms with Crippen molar-refractivity contribution < 1.29 is 55.6 Å². The molecule has 4 aliphatic heterocycles. The summed E-state index contributed by atoms with van der Waals surface area (Å²) in [5.74, 6) is 0.536. The molecule has 12 rings (SSSR count). The lowest BCUT2D eigenvalue weighted by molar-refractivity contribution is -0.143. The highest BCUT2D eigenvalue weighted by molar-refractivity contribution is 7.89. The van der Waals surface area contributed by atoms with Crippen LogP contribution < -0.4 is 29.7 Å². The summed E-state index contributed by atoms with van der Waals surface area (Å²) in [7, 11) is -0.337. The molecule has 1 amide bonds. The van der Waals surface area contributed by atoms with E-state index in [0.717, 1.165) is 29.5 Å². The highest BCUT2D eigenvalue weighted by atomic mass is 32.2. The monoisotopic (exact) mass is 1230 g/mol. The first-order chi connectivity index (χ1) is 42.9. The summed E-state index contributed by atoms with van der Waals surface area (Å²) in [5, 5.41) is 27.1. The van der Waals surface area contributed by atoms with E-state index in [9.17, 15) is 23.1 Å². The van der Waals surface area contributed by atoms with E-state index >= 15 is 8.78 Å². The molecule has 8 aromatic rings. The number of rotatable bonds is 20. The number of esters is 1. The second-order valence-electron chi connectivity index (χ2n) is 23.3. The Labute approximate surface area is 513 Å². The number of sulfonamides is 1. The van der Waals surface area contributed by atoms with Crippen LogP contribution >= 0.6 is 0 Å². The zero-order chi connectivity index (χ0) is 62.3. The lowest BCUT2D eigenvalue weighted by Gasteiger charge is -2.35. The molecule has 5 atom stereocenters. The van der Waals surface area contributed by atoms with Gasteiger partial charge in [0, 0.05) is 68.4 Å². The first-order valence-electron chi connectivity index (χ1n) is 29.9. The van der Waals surface area contributed by atoms with Crippen LogP contribution in [0.2, 0.25) is 0 Å². The Balaban J connectivity index is 0.734. The number of para-hydroxylation sites is 1. The van der Waals surface area contributed by atoms with Crippen LogP contribution in [0.4, 0.5) is 14.6 Å². The number of fused-ring (bicyclic) bond motifs is 6. The fraction of sp³-hybridized carbons (Fsp3) is 0.400. The summed E-state index contributed by atoms with van der Waals surface area (Å²) in [4.78, 5) is 46.0. The standard InChI is InChI=1S/C65H69F2N11O10S/c1-7-47-51(66)19-16-41-27-46(79)30-49(57(41)47)59-58(67)60-50(32-69-59)62(77-35-44-17-18-45(36-77)70-44)72-64(71-60)87-37-65(20-11-22-75(65)5)63(81)68-21-23-84-24-25-86-54-29-42(28-52-61(54)76(6)74-73-52)48(31-56(80)85-8-2)40-15-14-38(3)43(26-40)34-78-33-39(4)88-53-12-9-10-13-55(53)89(78,82)83/h1,9-10,12-16,19,26-30,32,39,44-45,48,70,79H,8,11,17-18,20-25,31,33-37H2,2-6H3,(H,68,81)/t39-,44-,45+,48?,65+/m1/s1. The number of likely N-dealkylation sites (tertiary alicyclic amines) is 1. The maximum atomic E-state index is 17.4. The number of benzene rings is 5. The van der Waals surface area contributed by atoms with Gasteiger partial charge in [0.25, 0.3) is 0 Å². The van der Waals surface area contributed by atoms with E-state index in [1.54, 1.807) is 42.9 Å². The largest absolute Gasteiger partial charge is 0.508 e. The number of aromatic nitrogens is 6. The van der Waals surface area contributed by atoms with E-state index < -0.39 is 45.2 Å². The number of nitrogens with one attached hydrogen (secondary N) is 2. The molecule has 3 saturated heterocycles. The number of piperazine rings is 1. The van der Waals surface area contributed by atoms with Gasteiger partial charge in [0.15, 0.2) is 5.82 Å². The predicted octanol–water partition coefficient (Wildman–Crippen LogP) is 7.45. The Morgan fingerprint density at radius 3 is 2.56 bits per heavy atom. The molecule has 2 bridgehead atoms. The van der Waals surface area contributed by atoms with E-state index in [4.69, 9.17) is 35.1 Å². The van der Waals surface area contributed by atoms with Gasteiger partial charge in [0.1, 0.15) is 80.9 Å². The SMILES string of the molecule is C#Cc1c(F)ccc2cc(O)cc(-c3ncc4c(N5C[C@H]6CC[C@@H](C5)N6)nc(OC[C@]5(C(=O)NCCOCCOc6cc(C(CC(=O)OCC)c7ccc(C)c(CN8C[C@@H](C)Oc9ccccc9S8(=O)=O)c7)cc7nnn(C)c67)CCCN5C)nc4c3F)c12. The van der Waals surface area contributed by atoms with Gasteiger partial charge in [-0.25, -0.2) is 21.9 Å². The van der Waals surface area contributed by atoms with Crippen molar-refractivity contribution in [2.24, 2.45) is 7.05 Å². The number of phenols is 1. The van der Waals surface area contributed by atoms with Gasteiger partial charge in [0.05, 0.1) is 43.7 Å². The Kier molecular flexibility index (Phi) is 17.1. The highest BCUT2D eigenvalue weighted by Crippen LogP contribution is 2.42. The summed E-state index contributed by atoms with van der Waals surface area (Å²) in [6.07, 6.45) is 9.91. The highest BCUT2D eigenvalue weighted by Gasteiger charge is 2.47. The molecule has 21 nitrogen and oxygen atoms in total. The van der Waals surface area contributed by atoms with Crippen molar-refractivity contribution in [3.63, 3.8) is 0 Å². The molecule has 89 heavy (non-hydrogen) atoms. The van der Waals surface area contributed by atoms with Crippen molar-refractivity contribution in [1.29, 1.82) is 0 Å². The molecule has 3 fully saturated rings. The summed E-state index contributed by atoms with van der Waals surface area (Å²) in [6.45, 7) is 8.03. The van der Waals surface area contributed by atoms with E-state index in [2.05, 4.69) is 41.7 Å². The van der Waals surface area contributed by atoms with Gasteiger partial charge in [-0.1, -0.05) is 47.5 Å².